The maximum Gasteiger partial charge on any atom is 0.331 e. The normalized spacial score (nSPS) is 16.4. The van der Waals surface area contributed by atoms with Gasteiger partial charge in [-0.05, 0) is 56.5 Å². The number of para-hydroxylation sites is 1. The van der Waals surface area contributed by atoms with Crippen LogP contribution in [-0.4, -0.2) is 34.4 Å². The molecule has 1 aromatic carbocycles. The largest absolute Gasteiger partial charge is 0.331 e. The number of hydrogen-bond donors (Lipinski definition) is 1. The van der Waals surface area contributed by atoms with Crippen LogP contribution in [0.5, 0.6) is 0 Å². The summed E-state index contributed by atoms with van der Waals surface area (Å²) in [5.74, 6) is -1.27. The van der Waals surface area contributed by atoms with Crippen LogP contribution in [0, 0.1) is 27.7 Å². The predicted octanol–water partition coefficient (Wildman–Crippen LogP) is 2.80. The number of aryl methyl sites for hydroxylation is 3. The lowest BCUT2D eigenvalue weighted by molar-refractivity contribution is -0.129. The van der Waals surface area contributed by atoms with Crippen molar-refractivity contribution in [2.24, 2.45) is 0 Å². The van der Waals surface area contributed by atoms with Crippen LogP contribution in [-0.2, 0) is 9.59 Å². The third-order valence-corrected chi connectivity index (χ3v) is 4.74. The van der Waals surface area contributed by atoms with Gasteiger partial charge in [0.1, 0.15) is 5.57 Å². The molecular weight excluding hydrogens is 330 g/mol. The number of urea groups is 1. The minimum absolute atomic E-state index is 0.0474. The molecule has 134 valence electrons. The summed E-state index contributed by atoms with van der Waals surface area (Å²) in [6, 6.07) is 7.35. The highest BCUT2D eigenvalue weighted by molar-refractivity contribution is 6.30. The lowest BCUT2D eigenvalue weighted by Gasteiger charge is -2.22. The standard InChI is InChI=1S/C20H21N3O3/c1-11-7-6-8-12(2)17(11)23-13(3)9-15(14(23)4)10-16-18(24)21-20(26)22(5)19(16)25/h6-10H,1-5H3,(H,21,24,26)/b16-10-. The predicted molar refractivity (Wildman–Crippen MR) is 99.0 cm³/mol. The van der Waals surface area contributed by atoms with Crippen LogP contribution in [0.1, 0.15) is 28.1 Å². The molecule has 0 unspecified atom stereocenters. The molecule has 0 bridgehead atoms. The Bertz CT molecular complexity index is 962. The van der Waals surface area contributed by atoms with E-state index >= 15 is 0 Å². The fourth-order valence-electron chi connectivity index (χ4n) is 3.34. The van der Waals surface area contributed by atoms with Gasteiger partial charge in [-0.1, -0.05) is 18.2 Å². The molecule has 0 aliphatic carbocycles. The zero-order chi connectivity index (χ0) is 19.2. The Labute approximate surface area is 152 Å². The number of carbonyl (C=O) groups excluding carboxylic acids is 3. The van der Waals surface area contributed by atoms with Crippen molar-refractivity contribution < 1.29 is 14.4 Å². The molecule has 0 spiro atoms. The first-order chi connectivity index (χ1) is 12.2. The molecule has 2 aromatic rings. The number of imide groups is 2. The minimum Gasteiger partial charge on any atom is -0.317 e. The molecule has 3 rings (SSSR count). The first kappa shape index (κ1) is 17.7. The van der Waals surface area contributed by atoms with E-state index in [0.29, 0.717) is 0 Å². The minimum atomic E-state index is -0.710. The number of nitrogens with one attached hydrogen (secondary N) is 1. The van der Waals surface area contributed by atoms with Gasteiger partial charge in [-0.25, -0.2) is 4.79 Å². The molecule has 1 aliphatic heterocycles. The molecule has 26 heavy (non-hydrogen) atoms. The van der Waals surface area contributed by atoms with E-state index in [1.165, 1.54) is 7.05 Å². The number of benzene rings is 1. The van der Waals surface area contributed by atoms with E-state index in [1.807, 2.05) is 26.0 Å². The van der Waals surface area contributed by atoms with Crippen LogP contribution >= 0.6 is 0 Å². The lowest BCUT2D eigenvalue weighted by Crippen LogP contribution is -2.52. The van der Waals surface area contributed by atoms with Crippen molar-refractivity contribution in [1.82, 2.24) is 14.8 Å². The lowest BCUT2D eigenvalue weighted by atomic mass is 10.1. The van der Waals surface area contributed by atoms with E-state index in [0.717, 1.165) is 38.7 Å². The van der Waals surface area contributed by atoms with Crippen molar-refractivity contribution in [1.29, 1.82) is 0 Å². The van der Waals surface area contributed by atoms with Crippen molar-refractivity contribution in [2.45, 2.75) is 27.7 Å². The molecule has 1 aromatic heterocycles. The first-order valence-electron chi connectivity index (χ1n) is 8.33. The molecule has 6 nitrogen and oxygen atoms in total. The maximum absolute atomic E-state index is 12.3. The van der Waals surface area contributed by atoms with Gasteiger partial charge in [0.25, 0.3) is 11.8 Å². The van der Waals surface area contributed by atoms with Crippen LogP contribution in [0.2, 0.25) is 0 Å². The summed E-state index contributed by atoms with van der Waals surface area (Å²) in [4.78, 5) is 36.8. The number of aromatic nitrogens is 1. The van der Waals surface area contributed by atoms with Gasteiger partial charge in [-0.3, -0.25) is 19.8 Å². The highest BCUT2D eigenvalue weighted by atomic mass is 16.2. The van der Waals surface area contributed by atoms with Gasteiger partial charge >= 0.3 is 6.03 Å². The van der Waals surface area contributed by atoms with Crippen LogP contribution in [0.3, 0.4) is 0 Å². The molecule has 0 saturated carbocycles. The number of barbiturate groups is 1. The van der Waals surface area contributed by atoms with E-state index < -0.39 is 17.8 Å². The molecular formula is C20H21N3O3. The van der Waals surface area contributed by atoms with Gasteiger partial charge in [-0.15, -0.1) is 0 Å². The SMILES string of the molecule is Cc1cccc(C)c1-n1c(C)cc(/C=C2/C(=O)NC(=O)N(C)C2=O)c1C. The summed E-state index contributed by atoms with van der Waals surface area (Å²) in [5.41, 5.74) is 6.03. The first-order valence-corrected chi connectivity index (χ1v) is 8.33. The summed E-state index contributed by atoms with van der Waals surface area (Å²) in [6.45, 7) is 8.04. The Morgan fingerprint density at radius 2 is 1.62 bits per heavy atom. The van der Waals surface area contributed by atoms with Crippen LogP contribution in [0.4, 0.5) is 4.79 Å². The number of nitrogens with zero attached hydrogens (tertiary/aromatic N) is 2. The monoisotopic (exact) mass is 351 g/mol. The topological polar surface area (TPSA) is 71.4 Å². The fraction of sp³-hybridized carbons (Fsp3) is 0.250. The Balaban J connectivity index is 2.14. The number of likely N-dealkylation sites (N-methyl/N-ethyl adjacent to an activating group) is 1. The second-order valence-electron chi connectivity index (χ2n) is 6.58. The molecule has 0 radical (unpaired) electrons. The van der Waals surface area contributed by atoms with Gasteiger partial charge in [-0.2, -0.15) is 0 Å². The average Bonchev–Trinajstić information content (AvgIpc) is 2.84. The summed E-state index contributed by atoms with van der Waals surface area (Å²) in [7, 11) is 1.35. The van der Waals surface area contributed by atoms with Crippen molar-refractivity contribution in [2.75, 3.05) is 7.05 Å². The van der Waals surface area contributed by atoms with E-state index in [1.54, 1.807) is 6.08 Å². The quantitative estimate of drug-likeness (QED) is 0.668. The summed E-state index contributed by atoms with van der Waals surface area (Å²) < 4.78 is 2.12. The third kappa shape index (κ3) is 2.73. The number of hydrogen-bond acceptors (Lipinski definition) is 3. The highest BCUT2D eigenvalue weighted by Crippen LogP contribution is 2.27. The maximum atomic E-state index is 12.3. The van der Waals surface area contributed by atoms with Gasteiger partial charge in [0.05, 0.1) is 5.69 Å². The fourth-order valence-corrected chi connectivity index (χ4v) is 3.34. The Kier molecular flexibility index (Phi) is 4.28. The van der Waals surface area contributed by atoms with Gasteiger partial charge in [0.15, 0.2) is 0 Å². The molecule has 1 aliphatic rings. The molecule has 4 amide bonds. The van der Waals surface area contributed by atoms with Crippen LogP contribution in [0.25, 0.3) is 11.8 Å². The Hall–Kier alpha value is -3.15. The number of rotatable bonds is 2. The van der Waals surface area contributed by atoms with Crippen molar-refractivity contribution in [3.63, 3.8) is 0 Å². The summed E-state index contributed by atoms with van der Waals surface area (Å²) in [6.07, 6.45) is 1.55. The number of carbonyl (C=O) groups is 3. The second-order valence-corrected chi connectivity index (χ2v) is 6.58. The smallest absolute Gasteiger partial charge is 0.317 e. The zero-order valence-electron chi connectivity index (χ0n) is 15.5. The van der Waals surface area contributed by atoms with Crippen LogP contribution < -0.4 is 5.32 Å². The number of amides is 4. The van der Waals surface area contributed by atoms with Crippen molar-refractivity contribution in [3.8, 4) is 5.69 Å². The van der Waals surface area contributed by atoms with Crippen molar-refractivity contribution >= 4 is 23.9 Å². The molecule has 2 heterocycles. The summed E-state index contributed by atoms with van der Waals surface area (Å²) >= 11 is 0. The molecule has 6 heteroatoms. The zero-order valence-corrected chi connectivity index (χ0v) is 15.5. The molecule has 0 atom stereocenters. The second kappa shape index (κ2) is 6.29. The van der Waals surface area contributed by atoms with Gasteiger partial charge in [0.2, 0.25) is 0 Å². The van der Waals surface area contributed by atoms with E-state index in [2.05, 4.69) is 35.9 Å². The van der Waals surface area contributed by atoms with Gasteiger partial charge in [0, 0.05) is 18.4 Å². The Morgan fingerprint density at radius 1 is 1.00 bits per heavy atom. The molecule has 1 saturated heterocycles. The molecule has 1 fully saturated rings. The van der Waals surface area contributed by atoms with Gasteiger partial charge < -0.3 is 4.57 Å². The van der Waals surface area contributed by atoms with E-state index in [9.17, 15) is 14.4 Å². The van der Waals surface area contributed by atoms with Crippen LogP contribution in [0.15, 0.2) is 29.8 Å². The average molecular weight is 351 g/mol. The van der Waals surface area contributed by atoms with E-state index in [-0.39, 0.29) is 5.57 Å². The summed E-state index contributed by atoms with van der Waals surface area (Å²) in [5, 5.41) is 2.17. The van der Waals surface area contributed by atoms with Crippen molar-refractivity contribution in [3.05, 3.63) is 57.9 Å². The highest BCUT2D eigenvalue weighted by Gasteiger charge is 2.33. The third-order valence-electron chi connectivity index (χ3n) is 4.74. The van der Waals surface area contributed by atoms with E-state index in [4.69, 9.17) is 0 Å². The Morgan fingerprint density at radius 3 is 2.23 bits per heavy atom. The molecule has 1 N–H and O–H groups in total.